The van der Waals surface area contributed by atoms with Gasteiger partial charge in [0, 0.05) is 24.5 Å². The van der Waals surface area contributed by atoms with Gasteiger partial charge in [0.05, 0.1) is 44.5 Å². The highest BCUT2D eigenvalue weighted by atomic mass is 16.5. The molecule has 0 saturated carbocycles. The standard InChI is InChI=1S/C36H22N8O/c1-3-15-29-27(13-1)39-35-41(33-31(43(29)35)17-7-19-37-33)23-9-5-11-25(21-23)45-26-12-6-10-24(22-26)42-34-32(18-8-20-38-34)44-30-16-4-2-14-28(30)40-36(42)44/h1-22H. The maximum absolute atomic E-state index is 6.50. The molecule has 6 aromatic heterocycles. The minimum Gasteiger partial charge on any atom is -0.457 e. The molecule has 0 aliphatic carbocycles. The zero-order chi connectivity index (χ0) is 29.5. The molecular formula is C36H22N8O. The van der Waals surface area contributed by atoms with Gasteiger partial charge in [0.25, 0.3) is 0 Å². The van der Waals surface area contributed by atoms with Crippen molar-refractivity contribution in [3.8, 4) is 22.9 Å². The summed E-state index contributed by atoms with van der Waals surface area (Å²) in [5.41, 5.74) is 9.40. The molecule has 0 bridgehead atoms. The number of pyridine rings is 2. The van der Waals surface area contributed by atoms with Crippen molar-refractivity contribution in [3.05, 3.63) is 134 Å². The van der Waals surface area contributed by atoms with Crippen molar-refractivity contribution in [1.29, 1.82) is 0 Å². The molecule has 10 aromatic rings. The van der Waals surface area contributed by atoms with E-state index in [0.717, 1.165) is 67.3 Å². The Morgan fingerprint density at radius 1 is 0.444 bits per heavy atom. The fourth-order valence-corrected chi connectivity index (χ4v) is 6.45. The van der Waals surface area contributed by atoms with Crippen LogP contribution in [0.25, 0.3) is 67.3 Å². The second-order valence-corrected chi connectivity index (χ2v) is 10.9. The fraction of sp³-hybridized carbons (Fsp3) is 0. The molecule has 0 aliphatic heterocycles. The van der Waals surface area contributed by atoms with E-state index in [1.165, 1.54) is 0 Å². The van der Waals surface area contributed by atoms with Gasteiger partial charge in [0.2, 0.25) is 11.6 Å². The fourth-order valence-electron chi connectivity index (χ4n) is 6.45. The third-order valence-electron chi connectivity index (χ3n) is 8.31. The van der Waals surface area contributed by atoms with Gasteiger partial charge in [-0.25, -0.2) is 19.9 Å². The number of ether oxygens (including phenoxy) is 1. The van der Waals surface area contributed by atoms with Gasteiger partial charge in [-0.15, -0.1) is 0 Å². The predicted molar refractivity (Wildman–Crippen MR) is 175 cm³/mol. The van der Waals surface area contributed by atoms with E-state index in [4.69, 9.17) is 24.7 Å². The Kier molecular flexibility index (Phi) is 4.81. The van der Waals surface area contributed by atoms with E-state index in [9.17, 15) is 0 Å². The molecular weight excluding hydrogens is 560 g/mol. The van der Waals surface area contributed by atoms with Crippen molar-refractivity contribution in [2.45, 2.75) is 0 Å². The van der Waals surface area contributed by atoms with Gasteiger partial charge in [0.1, 0.15) is 11.5 Å². The van der Waals surface area contributed by atoms with Crippen LogP contribution >= 0.6 is 0 Å². The molecule has 0 atom stereocenters. The minimum absolute atomic E-state index is 0.698. The monoisotopic (exact) mass is 582 g/mol. The average molecular weight is 583 g/mol. The lowest BCUT2D eigenvalue weighted by Crippen LogP contribution is -1.98. The molecule has 0 N–H and O–H groups in total. The van der Waals surface area contributed by atoms with Crippen LogP contribution in [0.1, 0.15) is 0 Å². The number of benzene rings is 4. The summed E-state index contributed by atoms with van der Waals surface area (Å²) in [4.78, 5) is 19.4. The summed E-state index contributed by atoms with van der Waals surface area (Å²) < 4.78 is 15.0. The summed E-state index contributed by atoms with van der Waals surface area (Å²) >= 11 is 0. The van der Waals surface area contributed by atoms with E-state index < -0.39 is 0 Å². The number of rotatable bonds is 4. The quantitative estimate of drug-likeness (QED) is 0.212. The molecule has 4 aromatic carbocycles. The normalized spacial score (nSPS) is 12.0. The molecule has 9 heteroatoms. The van der Waals surface area contributed by atoms with Gasteiger partial charge in [-0.3, -0.25) is 17.9 Å². The van der Waals surface area contributed by atoms with Crippen LogP contribution in [0, 0.1) is 0 Å². The largest absolute Gasteiger partial charge is 0.457 e. The summed E-state index contributed by atoms with van der Waals surface area (Å²) in [6, 6.07) is 40.4. The summed E-state index contributed by atoms with van der Waals surface area (Å²) in [6.07, 6.45) is 3.62. The maximum atomic E-state index is 6.50. The van der Waals surface area contributed by atoms with Crippen LogP contribution in [0.3, 0.4) is 0 Å². The predicted octanol–water partition coefficient (Wildman–Crippen LogP) is 7.76. The second kappa shape index (κ2) is 9.01. The van der Waals surface area contributed by atoms with Crippen molar-refractivity contribution >= 4 is 55.9 Å². The summed E-state index contributed by atoms with van der Waals surface area (Å²) in [6.45, 7) is 0. The number of imidazole rings is 4. The van der Waals surface area contributed by atoms with E-state index in [1.807, 2.05) is 109 Å². The van der Waals surface area contributed by atoms with Crippen LogP contribution in [-0.4, -0.2) is 37.9 Å². The first-order valence-corrected chi connectivity index (χ1v) is 14.7. The summed E-state index contributed by atoms with van der Waals surface area (Å²) in [7, 11) is 0. The Labute approximate surface area is 254 Å². The first-order chi connectivity index (χ1) is 22.3. The van der Waals surface area contributed by atoms with E-state index >= 15 is 0 Å². The smallest absolute Gasteiger partial charge is 0.221 e. The van der Waals surface area contributed by atoms with Gasteiger partial charge >= 0.3 is 0 Å². The zero-order valence-corrected chi connectivity index (χ0v) is 23.7. The van der Waals surface area contributed by atoms with Crippen molar-refractivity contribution in [2.75, 3.05) is 0 Å². The average Bonchev–Trinajstić information content (AvgIpc) is 3.81. The Morgan fingerprint density at radius 2 is 0.911 bits per heavy atom. The Hall–Kier alpha value is -6.48. The molecule has 6 heterocycles. The third-order valence-corrected chi connectivity index (χ3v) is 8.31. The van der Waals surface area contributed by atoms with Crippen molar-refractivity contribution in [3.63, 3.8) is 0 Å². The highest BCUT2D eigenvalue weighted by Crippen LogP contribution is 2.33. The molecule has 0 aliphatic rings. The van der Waals surface area contributed by atoms with Crippen molar-refractivity contribution in [1.82, 2.24) is 37.9 Å². The van der Waals surface area contributed by atoms with Gasteiger partial charge in [-0.1, -0.05) is 36.4 Å². The number of aromatic nitrogens is 8. The number of nitrogens with zero attached hydrogens (tertiary/aromatic N) is 8. The molecule has 0 radical (unpaired) electrons. The summed E-state index contributed by atoms with van der Waals surface area (Å²) in [5, 5.41) is 0. The van der Waals surface area contributed by atoms with E-state index in [1.54, 1.807) is 0 Å². The molecule has 0 amide bonds. The zero-order valence-electron chi connectivity index (χ0n) is 23.7. The Balaban J connectivity index is 1.09. The summed E-state index contributed by atoms with van der Waals surface area (Å²) in [5.74, 6) is 2.99. The molecule has 10 rings (SSSR count). The third kappa shape index (κ3) is 3.43. The van der Waals surface area contributed by atoms with Crippen LogP contribution in [-0.2, 0) is 0 Å². The van der Waals surface area contributed by atoms with Crippen LogP contribution in [0.15, 0.2) is 134 Å². The SMILES string of the molecule is c1cc(Oc2cccc(-n3c4ncccc4n4c5ccccc5nc34)c2)cc(-n2c3ncccc3n3c4ccccc4nc23)c1. The lowest BCUT2D eigenvalue weighted by atomic mass is 10.2. The number of para-hydroxylation sites is 4. The molecule has 0 saturated heterocycles. The molecule has 0 unspecified atom stereocenters. The van der Waals surface area contributed by atoms with Gasteiger partial charge in [-0.2, -0.15) is 0 Å². The van der Waals surface area contributed by atoms with Crippen LogP contribution in [0.2, 0.25) is 0 Å². The number of hydrogen-bond donors (Lipinski definition) is 0. The molecule has 0 spiro atoms. The first-order valence-electron chi connectivity index (χ1n) is 14.7. The lowest BCUT2D eigenvalue weighted by molar-refractivity contribution is 0.482. The van der Waals surface area contributed by atoms with Crippen molar-refractivity contribution in [2.24, 2.45) is 0 Å². The van der Waals surface area contributed by atoms with Gasteiger partial charge < -0.3 is 4.74 Å². The van der Waals surface area contributed by atoms with Crippen LogP contribution in [0.4, 0.5) is 0 Å². The highest BCUT2D eigenvalue weighted by molar-refractivity contribution is 5.91. The topological polar surface area (TPSA) is 79.5 Å². The van der Waals surface area contributed by atoms with Crippen molar-refractivity contribution < 1.29 is 4.74 Å². The van der Waals surface area contributed by atoms with E-state index in [0.29, 0.717) is 11.5 Å². The van der Waals surface area contributed by atoms with Crippen LogP contribution in [0.5, 0.6) is 11.5 Å². The maximum Gasteiger partial charge on any atom is 0.221 e. The molecule has 45 heavy (non-hydrogen) atoms. The second-order valence-electron chi connectivity index (χ2n) is 10.9. The molecule has 212 valence electrons. The number of fused-ring (bicyclic) bond motifs is 10. The molecule has 0 fully saturated rings. The van der Waals surface area contributed by atoms with E-state index in [-0.39, 0.29) is 0 Å². The molecule has 9 nitrogen and oxygen atoms in total. The number of hydrogen-bond acceptors (Lipinski definition) is 5. The van der Waals surface area contributed by atoms with E-state index in [2.05, 4.69) is 42.2 Å². The Morgan fingerprint density at radius 3 is 1.42 bits per heavy atom. The minimum atomic E-state index is 0.698. The van der Waals surface area contributed by atoms with Crippen LogP contribution < -0.4 is 4.74 Å². The Bertz CT molecular complexity index is 2570. The first kappa shape index (κ1) is 24.0. The lowest BCUT2D eigenvalue weighted by Gasteiger charge is -2.11. The van der Waals surface area contributed by atoms with Gasteiger partial charge in [-0.05, 0) is 72.8 Å². The highest BCUT2D eigenvalue weighted by Gasteiger charge is 2.20. The van der Waals surface area contributed by atoms with Gasteiger partial charge in [0.15, 0.2) is 11.3 Å².